The monoisotopic (exact) mass is 2120 g/mol. The molecule has 64 unspecified atom stereocenters. The van der Waals surface area contributed by atoms with Crippen molar-refractivity contribution in [3.05, 3.63) is 0 Å². The fourth-order valence-corrected chi connectivity index (χ4v) is 18.7. The summed E-state index contributed by atoms with van der Waals surface area (Å²) >= 11 is 0. The van der Waals surface area contributed by atoms with Crippen LogP contribution in [0.15, 0.2) is 0 Å². The molecule has 15 fully saturated rings. The molecule has 0 aromatic rings. The van der Waals surface area contributed by atoms with Crippen LogP contribution in [0.5, 0.6) is 0 Å². The van der Waals surface area contributed by atoms with Crippen molar-refractivity contribution in [2.24, 2.45) is 0 Å². The van der Waals surface area contributed by atoms with Gasteiger partial charge in [0.05, 0.1) is 105 Å². The van der Waals surface area contributed by atoms with E-state index in [4.69, 9.17) is 137 Å². The molecule has 64 heteroatoms. The summed E-state index contributed by atoms with van der Waals surface area (Å²) in [6.07, 6.45) is -114. The normalized spacial score (nSPS) is 53.7. The third kappa shape index (κ3) is 24.8. The van der Waals surface area contributed by atoms with Crippen LogP contribution in [0.1, 0.15) is 6.92 Å². The van der Waals surface area contributed by atoms with E-state index in [-0.39, 0.29) is 0 Å². The average molecular weight is 2120 g/mol. The van der Waals surface area contributed by atoms with Crippen molar-refractivity contribution in [1.82, 2.24) is 0 Å². The second kappa shape index (κ2) is 50.1. The SMILES string of the molecule is CC1OC(COC2OC(COC3OC(COC4OC(COC5OC(COC6OC(COC7OC(CO)C(O)C(O)C7O)C(O)C6O)C(OC6OC(COC7OC(CO)C(O)C(O)C7O)C(O)C6O)C5O)C(O)C4O)C(OC4OC(COC5OC(COC6OC(COC7OC(CO)C(O)C(O)C7O)C(O)C6O)C(OC6OC(COC7OC(CO)C(O)C(O)C7O)C(O)C6O)C5O)C(O)C4O)C3O)C(O)C2O)C(O)C1O. The summed E-state index contributed by atoms with van der Waals surface area (Å²) in [7, 11) is 0. The first-order valence-electron chi connectivity index (χ1n) is 46.6. The molecule has 0 aromatic carbocycles. The molecule has 64 atom stereocenters. The van der Waals surface area contributed by atoms with Gasteiger partial charge in [0.2, 0.25) is 0 Å². The average Bonchev–Trinajstić information content (AvgIpc) is 1.34. The minimum Gasteiger partial charge on any atom is -0.394 e. The van der Waals surface area contributed by atoms with Gasteiger partial charge in [-0.1, -0.05) is 0 Å². The van der Waals surface area contributed by atoms with E-state index in [2.05, 4.69) is 0 Å². The van der Waals surface area contributed by atoms with Crippen molar-refractivity contribution < 1.29 is 316 Å². The standard InChI is InChI=1S/C80H132O64/c1-17-33(85)38(90)22(127-17)6-116-67-50(102)41(93)25(132-67)9-121-75-62(114)65(144-80-56(108)45(97)29(138-80)13-123-77-63(115)66(143-79-55(107)44(96)28(137-79)12-120-74-60(112)49(101)37(89)21(5-84)131-74)32(141-77)16-125-69-52(104)40(92)24(134-69)8-118-72-58(110)47(99)35(87)19(3-82)129-72)31(139-75)15-126-70-53(105)42(94)26(135-70)10-122-76-61(113)64(142-78-54(106)43(95)27(136-78)11-119-73-59(111)48(100)36(88)20(4-83)130-73)30(140-76)14-124-68-51(103)39(91)23(133-68)7-117-71-57(109)46(98)34(86)18(2-81)128-71/h17-115H,2-16H2,1H3. The largest absolute Gasteiger partial charge is 0.394 e. The van der Waals surface area contributed by atoms with Crippen LogP contribution < -0.4 is 0 Å². The molecule has 0 saturated carbocycles. The summed E-state index contributed by atoms with van der Waals surface area (Å²) < 4.78 is 167. The van der Waals surface area contributed by atoms with Crippen LogP contribution in [0, 0.1) is 0 Å². The quantitative estimate of drug-likeness (QED) is 0.0270. The number of hydrogen-bond donors (Lipinski definition) is 35. The van der Waals surface area contributed by atoms with Gasteiger partial charge < -0.3 is 316 Å². The van der Waals surface area contributed by atoms with Gasteiger partial charge in [0.25, 0.3) is 0 Å². The van der Waals surface area contributed by atoms with E-state index in [9.17, 15) is 179 Å². The summed E-state index contributed by atoms with van der Waals surface area (Å²) in [4.78, 5) is 0. The third-order valence-corrected chi connectivity index (χ3v) is 27.6. The highest BCUT2D eigenvalue weighted by atomic mass is 16.8. The van der Waals surface area contributed by atoms with Gasteiger partial charge in [-0.3, -0.25) is 0 Å². The van der Waals surface area contributed by atoms with Crippen molar-refractivity contribution in [2.45, 2.75) is 400 Å². The van der Waals surface area contributed by atoms with Crippen molar-refractivity contribution in [2.75, 3.05) is 99.1 Å². The molecule has 15 rings (SSSR count). The Hall–Kier alpha value is -2.56. The molecule has 64 nitrogen and oxygen atoms in total. The Labute approximate surface area is 813 Å². The summed E-state index contributed by atoms with van der Waals surface area (Å²) in [6.45, 7) is -10.4. The Kier molecular flexibility index (Phi) is 40.2. The second-order valence-corrected chi connectivity index (χ2v) is 37.4. The maximum atomic E-state index is 12.1. The Balaban J connectivity index is 0.605. The molecule has 35 N–H and O–H groups in total. The van der Waals surface area contributed by atoms with Crippen molar-refractivity contribution in [1.29, 1.82) is 0 Å². The zero-order chi connectivity index (χ0) is 104. The number of aliphatic hydroxyl groups excluding tert-OH is 35. The summed E-state index contributed by atoms with van der Waals surface area (Å²) in [6, 6.07) is 0. The molecule has 0 aliphatic carbocycles. The van der Waals surface area contributed by atoms with Crippen molar-refractivity contribution >= 4 is 0 Å². The highest BCUT2D eigenvalue weighted by Crippen LogP contribution is 2.42. The lowest BCUT2D eigenvalue weighted by Gasteiger charge is -2.39. The van der Waals surface area contributed by atoms with Gasteiger partial charge in [-0.15, -0.1) is 0 Å². The Morgan fingerprint density at radius 1 is 0.132 bits per heavy atom. The Morgan fingerprint density at radius 2 is 0.257 bits per heavy atom. The fourth-order valence-electron chi connectivity index (χ4n) is 18.7. The Morgan fingerprint density at radius 3 is 0.431 bits per heavy atom. The van der Waals surface area contributed by atoms with Crippen LogP contribution >= 0.6 is 0 Å². The van der Waals surface area contributed by atoms with E-state index in [1.54, 1.807) is 0 Å². The maximum Gasteiger partial charge on any atom is 0.187 e. The van der Waals surface area contributed by atoms with Gasteiger partial charge in [0.1, 0.15) is 299 Å². The second-order valence-electron chi connectivity index (χ2n) is 37.4. The molecular weight excluding hydrogens is 1980 g/mol. The molecule has 144 heavy (non-hydrogen) atoms. The molecule has 15 heterocycles. The van der Waals surface area contributed by atoms with Crippen LogP contribution in [0.2, 0.25) is 0 Å². The molecule has 15 aliphatic heterocycles. The predicted octanol–water partition coefficient (Wildman–Crippen LogP) is -25.6. The molecule has 0 bridgehead atoms. The Bertz CT molecular complexity index is 3860. The van der Waals surface area contributed by atoms with E-state index >= 15 is 0 Å². The van der Waals surface area contributed by atoms with Gasteiger partial charge in [-0.2, -0.15) is 0 Å². The first-order valence-corrected chi connectivity index (χ1v) is 46.6. The van der Waals surface area contributed by atoms with Crippen molar-refractivity contribution in [3.8, 4) is 0 Å². The third-order valence-electron chi connectivity index (χ3n) is 27.6. The molecular formula is C80H132O64. The van der Waals surface area contributed by atoms with Crippen LogP contribution in [0.3, 0.4) is 0 Å². The van der Waals surface area contributed by atoms with Gasteiger partial charge in [0.15, 0.2) is 88.1 Å². The van der Waals surface area contributed by atoms with E-state index in [0.717, 1.165) is 0 Å². The highest BCUT2D eigenvalue weighted by molar-refractivity contribution is 5.03. The van der Waals surface area contributed by atoms with Gasteiger partial charge in [-0.05, 0) is 6.92 Å². The smallest absolute Gasteiger partial charge is 0.187 e. The number of hydrogen-bond acceptors (Lipinski definition) is 64. The van der Waals surface area contributed by atoms with Gasteiger partial charge in [0, 0.05) is 0 Å². The lowest BCUT2D eigenvalue weighted by atomic mass is 9.99. The lowest BCUT2D eigenvalue weighted by molar-refractivity contribution is -0.308. The summed E-state index contributed by atoms with van der Waals surface area (Å²) in [5.74, 6) is 0. The number of aliphatic hydroxyl groups is 35. The van der Waals surface area contributed by atoms with E-state index in [0.29, 0.717) is 0 Å². The van der Waals surface area contributed by atoms with Gasteiger partial charge in [-0.25, -0.2) is 0 Å². The zero-order valence-electron chi connectivity index (χ0n) is 76.0. The molecule has 0 spiro atoms. The first-order chi connectivity index (χ1) is 68.4. The predicted molar refractivity (Wildman–Crippen MR) is 430 cm³/mol. The molecule has 836 valence electrons. The molecule has 15 saturated heterocycles. The molecule has 0 aromatic heterocycles. The van der Waals surface area contributed by atoms with Crippen LogP contribution in [-0.2, 0) is 137 Å². The van der Waals surface area contributed by atoms with Crippen LogP contribution in [0.25, 0.3) is 0 Å². The minimum absolute atomic E-state index is 0.470. The van der Waals surface area contributed by atoms with Crippen LogP contribution in [0.4, 0.5) is 0 Å². The van der Waals surface area contributed by atoms with Crippen molar-refractivity contribution in [3.63, 3.8) is 0 Å². The summed E-state index contributed by atoms with van der Waals surface area (Å²) in [5.41, 5.74) is 0. The molecule has 15 aliphatic rings. The highest BCUT2D eigenvalue weighted by Gasteiger charge is 2.62. The van der Waals surface area contributed by atoms with Gasteiger partial charge >= 0.3 is 0 Å². The van der Waals surface area contributed by atoms with E-state index in [1.165, 1.54) is 6.92 Å². The maximum absolute atomic E-state index is 12.1. The molecule has 0 radical (unpaired) electrons. The minimum atomic E-state index is -2.14. The van der Waals surface area contributed by atoms with E-state index in [1.807, 2.05) is 0 Å². The van der Waals surface area contributed by atoms with Crippen LogP contribution in [-0.4, -0.2) is 671 Å². The number of rotatable bonds is 43. The lowest BCUT2D eigenvalue weighted by Crippen LogP contribution is -2.59. The topological polar surface area (TPSA) is 976 Å². The fraction of sp³-hybridized carbons (Fsp3) is 1.00. The summed E-state index contributed by atoms with van der Waals surface area (Å²) in [5, 5.41) is 379. The number of ether oxygens (including phenoxy) is 29. The zero-order valence-corrected chi connectivity index (χ0v) is 76.0. The van der Waals surface area contributed by atoms with E-state index < -0.39 is 492 Å². The molecule has 0 amide bonds. The first kappa shape index (κ1) is 115.